The highest BCUT2D eigenvalue weighted by molar-refractivity contribution is 5.63. The molecule has 1 aromatic carbocycles. The van der Waals surface area contributed by atoms with Crippen LogP contribution in [0.1, 0.15) is 17.1 Å². The normalized spacial score (nSPS) is 13.2. The number of aromatic nitrogens is 2. The Morgan fingerprint density at radius 2 is 2.17 bits per heavy atom. The van der Waals surface area contributed by atoms with Crippen molar-refractivity contribution in [3.05, 3.63) is 41.3 Å². The number of aryl methyl sites for hydroxylation is 1. The Morgan fingerprint density at radius 1 is 1.28 bits per heavy atom. The van der Waals surface area contributed by atoms with Crippen LogP contribution in [-0.4, -0.2) is 16.6 Å². The third kappa shape index (κ3) is 1.95. The number of nitrogens with two attached hydrogens (primary N) is 1. The first-order valence-corrected chi connectivity index (χ1v) is 6.07. The summed E-state index contributed by atoms with van der Waals surface area (Å²) in [7, 11) is 0. The van der Waals surface area contributed by atoms with Gasteiger partial charge in [-0.2, -0.15) is 0 Å². The maximum absolute atomic E-state index is 5.65. The molecule has 0 radical (unpaired) electrons. The van der Waals surface area contributed by atoms with Crippen LogP contribution in [0, 0.1) is 6.92 Å². The fraction of sp³-hybridized carbons (Fsp3) is 0.286. The van der Waals surface area contributed by atoms with Crippen molar-refractivity contribution in [1.82, 2.24) is 9.97 Å². The second-order valence-electron chi connectivity index (χ2n) is 4.42. The quantitative estimate of drug-likeness (QED) is 0.871. The van der Waals surface area contributed by atoms with Crippen molar-refractivity contribution in [2.75, 3.05) is 6.61 Å². The van der Waals surface area contributed by atoms with Crippen LogP contribution < -0.4 is 10.5 Å². The molecule has 0 unspecified atom stereocenters. The molecule has 2 aromatic rings. The van der Waals surface area contributed by atoms with Crippen LogP contribution >= 0.6 is 0 Å². The van der Waals surface area contributed by atoms with E-state index in [-0.39, 0.29) is 0 Å². The van der Waals surface area contributed by atoms with Crippen molar-refractivity contribution in [2.45, 2.75) is 19.9 Å². The maximum atomic E-state index is 5.65. The summed E-state index contributed by atoms with van der Waals surface area (Å²) < 4.78 is 5.51. The minimum absolute atomic E-state index is 0.435. The minimum atomic E-state index is 0.435. The minimum Gasteiger partial charge on any atom is -0.493 e. The van der Waals surface area contributed by atoms with Crippen molar-refractivity contribution in [1.29, 1.82) is 0 Å². The number of fused-ring (bicyclic) bond motifs is 1. The van der Waals surface area contributed by atoms with Crippen molar-refractivity contribution in [2.24, 2.45) is 5.73 Å². The molecule has 0 fully saturated rings. The Morgan fingerprint density at radius 3 is 3.00 bits per heavy atom. The number of hydrogen-bond acceptors (Lipinski definition) is 4. The highest BCUT2D eigenvalue weighted by Gasteiger charge is 2.13. The average molecular weight is 241 g/mol. The number of hydrogen-bond donors (Lipinski definition) is 1. The number of rotatable bonds is 2. The summed E-state index contributed by atoms with van der Waals surface area (Å²) in [6, 6.07) is 8.14. The molecule has 2 N–H and O–H groups in total. The molecule has 0 saturated heterocycles. The smallest absolute Gasteiger partial charge is 0.126 e. The van der Waals surface area contributed by atoms with E-state index in [1.54, 1.807) is 0 Å². The molecule has 0 spiro atoms. The summed E-state index contributed by atoms with van der Waals surface area (Å²) in [4.78, 5) is 8.76. The van der Waals surface area contributed by atoms with E-state index < -0.39 is 0 Å². The van der Waals surface area contributed by atoms with E-state index >= 15 is 0 Å². The zero-order valence-corrected chi connectivity index (χ0v) is 10.3. The molecule has 3 rings (SSSR count). The maximum Gasteiger partial charge on any atom is 0.126 e. The highest BCUT2D eigenvalue weighted by Crippen LogP contribution is 2.29. The van der Waals surface area contributed by atoms with Crippen molar-refractivity contribution >= 4 is 0 Å². The molecule has 1 aromatic heterocycles. The molecular weight excluding hydrogens is 226 g/mol. The topological polar surface area (TPSA) is 61.0 Å². The lowest BCUT2D eigenvalue weighted by molar-refractivity contribution is 0.357. The SMILES string of the molecule is Cc1nc(CN)cc(-c2ccc3c(c2)CCO3)n1. The molecule has 0 atom stereocenters. The number of nitrogens with zero attached hydrogens (tertiary/aromatic N) is 2. The number of benzene rings is 1. The molecule has 18 heavy (non-hydrogen) atoms. The zero-order chi connectivity index (χ0) is 12.5. The van der Waals surface area contributed by atoms with E-state index in [1.807, 2.05) is 25.1 Å². The Labute approximate surface area is 106 Å². The molecule has 4 nitrogen and oxygen atoms in total. The van der Waals surface area contributed by atoms with Gasteiger partial charge in [-0.25, -0.2) is 9.97 Å². The molecule has 0 amide bonds. The lowest BCUT2D eigenvalue weighted by Crippen LogP contribution is -2.03. The van der Waals surface area contributed by atoms with Crippen molar-refractivity contribution in [3.63, 3.8) is 0 Å². The third-order valence-corrected chi connectivity index (χ3v) is 3.09. The van der Waals surface area contributed by atoms with Gasteiger partial charge in [-0.1, -0.05) is 0 Å². The van der Waals surface area contributed by atoms with Gasteiger partial charge in [0.05, 0.1) is 18.0 Å². The third-order valence-electron chi connectivity index (χ3n) is 3.09. The van der Waals surface area contributed by atoms with E-state index in [1.165, 1.54) is 5.56 Å². The van der Waals surface area contributed by atoms with Crippen LogP contribution in [-0.2, 0) is 13.0 Å². The summed E-state index contributed by atoms with van der Waals surface area (Å²) in [6.07, 6.45) is 0.969. The fourth-order valence-corrected chi connectivity index (χ4v) is 2.23. The van der Waals surface area contributed by atoms with E-state index in [0.717, 1.165) is 41.6 Å². The Hall–Kier alpha value is -1.94. The van der Waals surface area contributed by atoms with Crippen LogP contribution in [0.25, 0.3) is 11.3 Å². The predicted molar refractivity (Wildman–Crippen MR) is 69.3 cm³/mol. The van der Waals surface area contributed by atoms with E-state index in [2.05, 4.69) is 16.0 Å². The molecule has 1 aliphatic rings. The molecule has 1 aliphatic heterocycles. The van der Waals surface area contributed by atoms with Gasteiger partial charge in [0.15, 0.2) is 0 Å². The summed E-state index contributed by atoms with van der Waals surface area (Å²) >= 11 is 0. The van der Waals surface area contributed by atoms with Gasteiger partial charge in [-0.3, -0.25) is 0 Å². The van der Waals surface area contributed by atoms with E-state index in [0.29, 0.717) is 6.54 Å². The predicted octanol–water partition coefficient (Wildman–Crippen LogP) is 1.85. The zero-order valence-electron chi connectivity index (χ0n) is 10.3. The first-order chi connectivity index (χ1) is 8.76. The summed E-state index contributed by atoms with van der Waals surface area (Å²) in [5, 5.41) is 0. The largest absolute Gasteiger partial charge is 0.493 e. The Bertz CT molecular complexity index is 596. The lowest BCUT2D eigenvalue weighted by Gasteiger charge is -2.06. The molecule has 0 saturated carbocycles. The van der Waals surface area contributed by atoms with Gasteiger partial charge >= 0.3 is 0 Å². The Kier molecular flexibility index (Phi) is 2.72. The van der Waals surface area contributed by atoms with Gasteiger partial charge in [0.2, 0.25) is 0 Å². The van der Waals surface area contributed by atoms with Crippen LogP contribution in [0.3, 0.4) is 0 Å². The molecule has 4 heteroatoms. The average Bonchev–Trinajstić information content (AvgIpc) is 2.85. The molecule has 2 heterocycles. The van der Waals surface area contributed by atoms with Gasteiger partial charge in [0.1, 0.15) is 11.6 Å². The first kappa shape index (κ1) is 11.2. The second-order valence-corrected chi connectivity index (χ2v) is 4.42. The summed E-state index contributed by atoms with van der Waals surface area (Å²) in [6.45, 7) is 3.10. The van der Waals surface area contributed by atoms with Crippen molar-refractivity contribution in [3.8, 4) is 17.0 Å². The molecular formula is C14H15N3O. The van der Waals surface area contributed by atoms with Crippen molar-refractivity contribution < 1.29 is 4.74 Å². The van der Waals surface area contributed by atoms with Gasteiger partial charge < -0.3 is 10.5 Å². The molecule has 0 bridgehead atoms. The summed E-state index contributed by atoms with van der Waals surface area (Å²) in [5.41, 5.74) is 9.79. The second kappa shape index (κ2) is 4.38. The van der Waals surface area contributed by atoms with Gasteiger partial charge in [-0.05, 0) is 36.8 Å². The standard InChI is InChI=1S/C14H15N3O/c1-9-16-12(8-15)7-13(17-9)10-2-3-14-11(6-10)4-5-18-14/h2-3,6-7H,4-5,8,15H2,1H3. The van der Waals surface area contributed by atoms with Gasteiger partial charge in [-0.15, -0.1) is 0 Å². The first-order valence-electron chi connectivity index (χ1n) is 6.07. The fourth-order valence-electron chi connectivity index (χ4n) is 2.23. The van der Waals surface area contributed by atoms with Crippen LogP contribution in [0.5, 0.6) is 5.75 Å². The van der Waals surface area contributed by atoms with Gasteiger partial charge in [0.25, 0.3) is 0 Å². The monoisotopic (exact) mass is 241 g/mol. The van der Waals surface area contributed by atoms with E-state index in [4.69, 9.17) is 10.5 Å². The van der Waals surface area contributed by atoms with Crippen LogP contribution in [0.15, 0.2) is 24.3 Å². The van der Waals surface area contributed by atoms with Gasteiger partial charge in [0, 0.05) is 18.5 Å². The lowest BCUT2D eigenvalue weighted by atomic mass is 10.1. The Balaban J connectivity index is 2.06. The van der Waals surface area contributed by atoms with Crippen LogP contribution in [0.2, 0.25) is 0 Å². The highest BCUT2D eigenvalue weighted by atomic mass is 16.5. The van der Waals surface area contributed by atoms with E-state index in [9.17, 15) is 0 Å². The molecule has 92 valence electrons. The number of ether oxygens (including phenoxy) is 1. The summed E-state index contributed by atoms with van der Waals surface area (Å²) in [5.74, 6) is 1.74. The van der Waals surface area contributed by atoms with Crippen LogP contribution in [0.4, 0.5) is 0 Å². The molecule has 0 aliphatic carbocycles.